The van der Waals surface area contributed by atoms with Crippen molar-refractivity contribution in [2.24, 2.45) is 0 Å². The molecule has 1 N–H and O–H groups in total. The van der Waals surface area contributed by atoms with E-state index in [1.165, 1.54) is 12.1 Å². The van der Waals surface area contributed by atoms with Gasteiger partial charge in [0.15, 0.2) is 0 Å². The van der Waals surface area contributed by atoms with Gasteiger partial charge in [-0.2, -0.15) is 0 Å². The van der Waals surface area contributed by atoms with Crippen molar-refractivity contribution >= 4 is 50.7 Å². The van der Waals surface area contributed by atoms with Gasteiger partial charge in [0, 0.05) is 30.6 Å². The summed E-state index contributed by atoms with van der Waals surface area (Å²) in [5, 5.41) is 3.72. The molecule has 11 heteroatoms. The molecule has 2 amide bonds. The SMILES string of the molecule is CC[C@@H](C(=O)NC1CCCC1)N(Cc1cccc(OC)c1)C(=O)CCCN(c1cc(Cl)ccc1Cl)S(C)(=O)=O. The number of sulfonamides is 1. The Labute approximate surface area is 241 Å². The minimum absolute atomic E-state index is 0.0305. The van der Waals surface area contributed by atoms with Gasteiger partial charge in [0.05, 0.1) is 24.1 Å². The number of hydrogen-bond acceptors (Lipinski definition) is 5. The molecular formula is C28H37Cl2N3O5S. The number of nitrogens with zero attached hydrogens (tertiary/aromatic N) is 2. The second kappa shape index (κ2) is 14.2. The Balaban J connectivity index is 1.79. The fraction of sp³-hybridized carbons (Fsp3) is 0.500. The number of carbonyl (C=O) groups excluding carboxylic acids is 2. The van der Waals surface area contributed by atoms with E-state index >= 15 is 0 Å². The van der Waals surface area contributed by atoms with E-state index in [0.29, 0.717) is 17.2 Å². The van der Waals surface area contributed by atoms with Crippen molar-refractivity contribution < 1.29 is 22.7 Å². The van der Waals surface area contributed by atoms with Crippen LogP contribution in [0.4, 0.5) is 5.69 Å². The third-order valence-electron chi connectivity index (χ3n) is 6.90. The second-order valence-corrected chi connectivity index (χ2v) is 12.6. The number of carbonyl (C=O) groups is 2. The summed E-state index contributed by atoms with van der Waals surface area (Å²) in [5.41, 5.74) is 1.09. The van der Waals surface area contributed by atoms with E-state index in [4.69, 9.17) is 27.9 Å². The number of hydrogen-bond donors (Lipinski definition) is 1. The predicted molar refractivity (Wildman–Crippen MR) is 156 cm³/mol. The second-order valence-electron chi connectivity index (χ2n) is 9.82. The molecule has 2 aromatic rings. The zero-order valence-electron chi connectivity index (χ0n) is 22.7. The molecule has 0 radical (unpaired) electrons. The predicted octanol–water partition coefficient (Wildman–Crippen LogP) is 5.41. The Morgan fingerprint density at radius 2 is 1.85 bits per heavy atom. The van der Waals surface area contributed by atoms with Crippen LogP contribution in [0, 0.1) is 0 Å². The van der Waals surface area contributed by atoms with Crippen molar-refractivity contribution in [1.82, 2.24) is 10.2 Å². The van der Waals surface area contributed by atoms with Crippen LogP contribution in [0.25, 0.3) is 0 Å². The van der Waals surface area contributed by atoms with Crippen LogP contribution < -0.4 is 14.4 Å². The molecule has 3 rings (SSSR count). The summed E-state index contributed by atoms with van der Waals surface area (Å²) in [5.74, 6) is 0.256. The molecule has 0 aromatic heterocycles. The van der Waals surface area contributed by atoms with Gasteiger partial charge in [0.1, 0.15) is 11.8 Å². The third-order valence-corrected chi connectivity index (χ3v) is 8.64. The van der Waals surface area contributed by atoms with Gasteiger partial charge in [-0.05, 0) is 61.6 Å². The van der Waals surface area contributed by atoms with Crippen molar-refractivity contribution in [3.63, 3.8) is 0 Å². The molecule has 0 unspecified atom stereocenters. The number of benzene rings is 2. The van der Waals surface area contributed by atoms with Gasteiger partial charge in [0.25, 0.3) is 0 Å². The molecule has 1 aliphatic carbocycles. The van der Waals surface area contributed by atoms with Crippen LogP contribution >= 0.6 is 23.2 Å². The Morgan fingerprint density at radius 1 is 1.13 bits per heavy atom. The first kappa shape index (κ1) is 31.0. The number of rotatable bonds is 13. The molecule has 0 heterocycles. The summed E-state index contributed by atoms with van der Waals surface area (Å²) in [6.45, 7) is 2.14. The molecule has 2 aromatic carbocycles. The standard InChI is InChI=1S/C28H37Cl2N3O5S/c1-4-25(28(35)31-22-10-5-6-11-22)32(19-20-9-7-12-23(17-20)38-2)27(34)13-8-16-33(39(3,36)37)26-18-21(29)14-15-24(26)30/h7,9,12,14-15,17-18,22,25H,4-6,8,10-11,13,16,19H2,1-3H3,(H,31,35)/t25-/m0/s1. The van der Waals surface area contributed by atoms with E-state index < -0.39 is 16.1 Å². The molecule has 0 aliphatic heterocycles. The molecule has 214 valence electrons. The lowest BCUT2D eigenvalue weighted by molar-refractivity contribution is -0.141. The lowest BCUT2D eigenvalue weighted by Gasteiger charge is -2.32. The van der Waals surface area contributed by atoms with Crippen molar-refractivity contribution in [3.05, 3.63) is 58.1 Å². The highest BCUT2D eigenvalue weighted by atomic mass is 35.5. The largest absolute Gasteiger partial charge is 0.497 e. The molecule has 0 bridgehead atoms. The average molecular weight is 599 g/mol. The first-order valence-corrected chi connectivity index (χ1v) is 15.8. The van der Waals surface area contributed by atoms with Crippen LogP contribution in [-0.4, -0.2) is 57.1 Å². The van der Waals surface area contributed by atoms with Crippen LogP contribution in [-0.2, 0) is 26.2 Å². The zero-order valence-corrected chi connectivity index (χ0v) is 25.0. The van der Waals surface area contributed by atoms with E-state index in [2.05, 4.69) is 5.32 Å². The minimum atomic E-state index is -3.69. The maximum Gasteiger partial charge on any atom is 0.243 e. The Morgan fingerprint density at radius 3 is 2.49 bits per heavy atom. The molecule has 39 heavy (non-hydrogen) atoms. The number of methoxy groups -OCH3 is 1. The Bertz CT molecular complexity index is 1250. The highest BCUT2D eigenvalue weighted by molar-refractivity contribution is 7.92. The van der Waals surface area contributed by atoms with Crippen LogP contribution in [0.15, 0.2) is 42.5 Å². The number of amides is 2. The van der Waals surface area contributed by atoms with Crippen molar-refractivity contribution in [1.29, 1.82) is 0 Å². The summed E-state index contributed by atoms with van der Waals surface area (Å²) in [7, 11) is -2.12. The lowest BCUT2D eigenvalue weighted by atomic mass is 10.1. The first-order chi connectivity index (χ1) is 18.5. The van der Waals surface area contributed by atoms with Crippen molar-refractivity contribution in [2.75, 3.05) is 24.2 Å². The topological polar surface area (TPSA) is 96.0 Å². The van der Waals surface area contributed by atoms with Gasteiger partial charge in [0.2, 0.25) is 21.8 Å². The maximum atomic E-state index is 13.6. The quantitative estimate of drug-likeness (QED) is 0.333. The van der Waals surface area contributed by atoms with Crippen molar-refractivity contribution in [3.8, 4) is 5.75 Å². The molecule has 1 aliphatic rings. The molecule has 1 atom stereocenters. The van der Waals surface area contributed by atoms with Crippen LogP contribution in [0.3, 0.4) is 0 Å². The number of anilines is 1. The molecule has 1 saturated carbocycles. The number of ether oxygens (including phenoxy) is 1. The van der Waals surface area contributed by atoms with Gasteiger partial charge in [-0.3, -0.25) is 13.9 Å². The van der Waals surface area contributed by atoms with Gasteiger partial charge < -0.3 is 15.0 Å². The van der Waals surface area contributed by atoms with Crippen LogP contribution in [0.1, 0.15) is 57.4 Å². The first-order valence-electron chi connectivity index (χ1n) is 13.2. The fourth-order valence-electron chi connectivity index (χ4n) is 4.91. The van der Waals surface area contributed by atoms with E-state index in [0.717, 1.165) is 41.8 Å². The number of nitrogens with one attached hydrogen (secondary N) is 1. The van der Waals surface area contributed by atoms with Gasteiger partial charge in [-0.15, -0.1) is 0 Å². The minimum Gasteiger partial charge on any atom is -0.497 e. The molecule has 0 saturated heterocycles. The summed E-state index contributed by atoms with van der Waals surface area (Å²) in [6, 6.07) is 11.5. The van der Waals surface area contributed by atoms with Gasteiger partial charge >= 0.3 is 0 Å². The van der Waals surface area contributed by atoms with Crippen LogP contribution in [0.2, 0.25) is 10.0 Å². The summed E-state index contributed by atoms with van der Waals surface area (Å²) in [6.07, 6.45) is 5.86. The van der Waals surface area contributed by atoms with Gasteiger partial charge in [-0.25, -0.2) is 8.42 Å². The fourth-order valence-corrected chi connectivity index (χ4v) is 6.32. The van der Waals surface area contributed by atoms with Crippen molar-refractivity contribution in [2.45, 2.75) is 70.5 Å². The van der Waals surface area contributed by atoms with Crippen LogP contribution in [0.5, 0.6) is 5.75 Å². The molecule has 0 spiro atoms. The monoisotopic (exact) mass is 597 g/mol. The van der Waals surface area contributed by atoms with E-state index in [1.807, 2.05) is 31.2 Å². The highest BCUT2D eigenvalue weighted by Gasteiger charge is 2.31. The smallest absolute Gasteiger partial charge is 0.243 e. The molecule has 1 fully saturated rings. The molecular weight excluding hydrogens is 561 g/mol. The van der Waals surface area contributed by atoms with E-state index in [9.17, 15) is 18.0 Å². The maximum absolute atomic E-state index is 13.6. The lowest BCUT2D eigenvalue weighted by Crippen LogP contribution is -2.51. The summed E-state index contributed by atoms with van der Waals surface area (Å²) < 4.78 is 31.7. The average Bonchev–Trinajstić information content (AvgIpc) is 3.40. The van der Waals surface area contributed by atoms with E-state index in [1.54, 1.807) is 18.1 Å². The summed E-state index contributed by atoms with van der Waals surface area (Å²) >= 11 is 12.4. The zero-order chi connectivity index (χ0) is 28.6. The summed E-state index contributed by atoms with van der Waals surface area (Å²) in [4.78, 5) is 28.5. The third kappa shape index (κ3) is 8.75. The van der Waals surface area contributed by atoms with E-state index in [-0.39, 0.29) is 54.5 Å². The molecule has 8 nitrogen and oxygen atoms in total. The normalized spacial score (nSPS) is 14.6. The highest BCUT2D eigenvalue weighted by Crippen LogP contribution is 2.31. The Kier molecular flexibility index (Phi) is 11.3. The Hall–Kier alpha value is -2.49. The number of halogens is 2. The van der Waals surface area contributed by atoms with Gasteiger partial charge in [-0.1, -0.05) is 55.1 Å².